The van der Waals surface area contributed by atoms with Crippen molar-refractivity contribution in [1.29, 1.82) is 0 Å². The average molecular weight is 298 g/mol. The van der Waals surface area contributed by atoms with Gasteiger partial charge in [-0.15, -0.1) is 0 Å². The molecule has 0 fully saturated rings. The highest BCUT2D eigenvalue weighted by atomic mass is 16.1. The Bertz CT molecular complexity index is 728. The van der Waals surface area contributed by atoms with Gasteiger partial charge in [0, 0.05) is 12.1 Å². The van der Waals surface area contributed by atoms with Gasteiger partial charge in [-0.05, 0) is 30.9 Å². The van der Waals surface area contributed by atoms with Crippen LogP contribution in [0.4, 0.5) is 0 Å². The number of aryl methyl sites for hydroxylation is 1. The van der Waals surface area contributed by atoms with Crippen molar-refractivity contribution in [2.75, 3.05) is 0 Å². The van der Waals surface area contributed by atoms with E-state index in [0.717, 1.165) is 12.0 Å². The fourth-order valence-corrected chi connectivity index (χ4v) is 2.34. The largest absolute Gasteiger partial charge is 0.294 e. The zero-order valence-corrected chi connectivity index (χ0v) is 13.6. The molecule has 1 aromatic heterocycles. The van der Waals surface area contributed by atoms with E-state index in [1.165, 1.54) is 17.2 Å². The Balaban J connectivity index is 2.54. The van der Waals surface area contributed by atoms with Crippen molar-refractivity contribution in [3.63, 3.8) is 0 Å². The Morgan fingerprint density at radius 2 is 1.86 bits per heavy atom. The molecule has 1 aromatic carbocycles. The van der Waals surface area contributed by atoms with Crippen LogP contribution in [0.15, 0.2) is 35.1 Å². The van der Waals surface area contributed by atoms with Crippen LogP contribution in [0.3, 0.4) is 0 Å². The summed E-state index contributed by atoms with van der Waals surface area (Å²) in [5.74, 6) is 0.237. The SMILES string of the molecule is CCCn1nc(-c2ccc(C(C)C)cc2)cc(C(C)=O)c1=O. The first-order chi connectivity index (χ1) is 10.4. The quantitative estimate of drug-likeness (QED) is 0.792. The number of hydrogen-bond donors (Lipinski definition) is 0. The first kappa shape index (κ1) is 16.1. The van der Waals surface area contributed by atoms with Gasteiger partial charge in [0.25, 0.3) is 5.56 Å². The normalized spacial score (nSPS) is 11.0. The van der Waals surface area contributed by atoms with Crippen LogP contribution in [0.25, 0.3) is 11.3 Å². The van der Waals surface area contributed by atoms with Crippen molar-refractivity contribution < 1.29 is 4.79 Å². The van der Waals surface area contributed by atoms with Gasteiger partial charge in [-0.1, -0.05) is 45.0 Å². The predicted molar refractivity (Wildman–Crippen MR) is 88.3 cm³/mol. The minimum absolute atomic E-state index is 0.200. The van der Waals surface area contributed by atoms with Gasteiger partial charge in [0.1, 0.15) is 0 Å². The van der Waals surface area contributed by atoms with E-state index in [0.29, 0.717) is 18.2 Å². The number of benzene rings is 1. The van der Waals surface area contributed by atoms with Crippen molar-refractivity contribution in [1.82, 2.24) is 9.78 Å². The van der Waals surface area contributed by atoms with E-state index in [1.807, 2.05) is 19.1 Å². The smallest absolute Gasteiger partial charge is 0.277 e. The molecule has 2 rings (SSSR count). The van der Waals surface area contributed by atoms with Crippen LogP contribution in [0.1, 0.15) is 56.0 Å². The van der Waals surface area contributed by atoms with Crippen LogP contribution in [0.2, 0.25) is 0 Å². The van der Waals surface area contributed by atoms with Crippen LogP contribution < -0.4 is 5.56 Å². The summed E-state index contributed by atoms with van der Waals surface area (Å²) < 4.78 is 1.39. The molecule has 0 radical (unpaired) electrons. The highest BCUT2D eigenvalue weighted by molar-refractivity contribution is 5.94. The molecule has 0 saturated carbocycles. The molecule has 2 aromatic rings. The molecule has 0 atom stereocenters. The number of carbonyl (C=O) groups excluding carboxylic acids is 1. The maximum Gasteiger partial charge on any atom is 0.277 e. The Morgan fingerprint density at radius 1 is 1.23 bits per heavy atom. The Morgan fingerprint density at radius 3 is 2.36 bits per heavy atom. The number of rotatable bonds is 5. The highest BCUT2D eigenvalue weighted by Gasteiger charge is 2.13. The first-order valence-corrected chi connectivity index (χ1v) is 7.67. The molecule has 0 aliphatic heterocycles. The number of aromatic nitrogens is 2. The van der Waals surface area contributed by atoms with Gasteiger partial charge in [0.05, 0.1) is 11.3 Å². The fraction of sp³-hybridized carbons (Fsp3) is 0.389. The summed E-state index contributed by atoms with van der Waals surface area (Å²) in [6.45, 7) is 8.19. The van der Waals surface area contributed by atoms with Gasteiger partial charge in [0.15, 0.2) is 5.78 Å². The Labute approximate surface area is 130 Å². The van der Waals surface area contributed by atoms with Gasteiger partial charge in [-0.3, -0.25) is 9.59 Å². The molecule has 116 valence electrons. The van der Waals surface area contributed by atoms with E-state index in [9.17, 15) is 9.59 Å². The summed E-state index contributed by atoms with van der Waals surface area (Å²) in [4.78, 5) is 23.9. The lowest BCUT2D eigenvalue weighted by Gasteiger charge is -2.10. The van der Waals surface area contributed by atoms with Gasteiger partial charge in [0.2, 0.25) is 0 Å². The van der Waals surface area contributed by atoms with E-state index in [-0.39, 0.29) is 16.9 Å². The number of hydrogen-bond acceptors (Lipinski definition) is 3. The topological polar surface area (TPSA) is 52.0 Å². The van der Waals surface area contributed by atoms with Crippen molar-refractivity contribution in [2.24, 2.45) is 0 Å². The second kappa shape index (κ2) is 6.69. The van der Waals surface area contributed by atoms with E-state index in [4.69, 9.17) is 0 Å². The number of ketones is 1. The Kier molecular flexibility index (Phi) is 4.91. The van der Waals surface area contributed by atoms with Crippen LogP contribution >= 0.6 is 0 Å². The molecule has 0 aliphatic rings. The summed E-state index contributed by atoms with van der Waals surface area (Å²) >= 11 is 0. The maximum absolute atomic E-state index is 12.2. The van der Waals surface area contributed by atoms with Crippen LogP contribution in [-0.4, -0.2) is 15.6 Å². The molecule has 0 bridgehead atoms. The van der Waals surface area contributed by atoms with E-state index < -0.39 is 0 Å². The number of carbonyl (C=O) groups is 1. The third kappa shape index (κ3) is 3.32. The van der Waals surface area contributed by atoms with Gasteiger partial charge < -0.3 is 0 Å². The molecule has 4 heteroatoms. The van der Waals surface area contributed by atoms with E-state index in [2.05, 4.69) is 31.1 Å². The molecular formula is C18H22N2O2. The third-order valence-electron chi connectivity index (χ3n) is 3.66. The van der Waals surface area contributed by atoms with Gasteiger partial charge in [-0.25, -0.2) is 4.68 Å². The average Bonchev–Trinajstić information content (AvgIpc) is 2.49. The van der Waals surface area contributed by atoms with Crippen molar-refractivity contribution >= 4 is 5.78 Å². The second-order valence-electron chi connectivity index (χ2n) is 5.80. The summed E-state index contributed by atoms with van der Waals surface area (Å²) in [5.41, 5.74) is 2.71. The highest BCUT2D eigenvalue weighted by Crippen LogP contribution is 2.21. The molecule has 4 nitrogen and oxygen atoms in total. The molecule has 0 amide bonds. The summed E-state index contributed by atoms with van der Waals surface area (Å²) in [7, 11) is 0. The lowest BCUT2D eigenvalue weighted by Crippen LogP contribution is -2.28. The monoisotopic (exact) mass is 298 g/mol. The Hall–Kier alpha value is -2.23. The maximum atomic E-state index is 12.2. The lowest BCUT2D eigenvalue weighted by atomic mass is 10.0. The van der Waals surface area contributed by atoms with Gasteiger partial charge in [-0.2, -0.15) is 5.10 Å². The molecular weight excluding hydrogens is 276 g/mol. The first-order valence-electron chi connectivity index (χ1n) is 7.67. The minimum Gasteiger partial charge on any atom is -0.294 e. The molecule has 0 spiro atoms. The van der Waals surface area contributed by atoms with E-state index >= 15 is 0 Å². The molecule has 0 saturated heterocycles. The molecule has 22 heavy (non-hydrogen) atoms. The molecule has 0 N–H and O–H groups in total. The van der Waals surface area contributed by atoms with Crippen molar-refractivity contribution in [3.05, 3.63) is 51.8 Å². The third-order valence-corrected chi connectivity index (χ3v) is 3.66. The molecule has 0 unspecified atom stereocenters. The van der Waals surface area contributed by atoms with Crippen LogP contribution in [0, 0.1) is 0 Å². The second-order valence-corrected chi connectivity index (χ2v) is 5.80. The molecule has 1 heterocycles. The minimum atomic E-state index is -0.308. The molecule has 0 aliphatic carbocycles. The summed E-state index contributed by atoms with van der Waals surface area (Å²) in [6.07, 6.45) is 0.792. The van der Waals surface area contributed by atoms with Crippen LogP contribution in [0.5, 0.6) is 0 Å². The fourth-order valence-electron chi connectivity index (χ4n) is 2.34. The van der Waals surface area contributed by atoms with Crippen molar-refractivity contribution in [2.45, 2.75) is 46.6 Å². The van der Waals surface area contributed by atoms with Gasteiger partial charge >= 0.3 is 0 Å². The lowest BCUT2D eigenvalue weighted by molar-refractivity contribution is 0.101. The summed E-state index contributed by atoms with van der Waals surface area (Å²) in [5, 5.41) is 4.40. The standard InChI is InChI=1S/C18H22N2O2/c1-5-10-20-18(22)16(13(4)21)11-17(19-20)15-8-6-14(7-9-15)12(2)3/h6-9,11-12H,5,10H2,1-4H3. The van der Waals surface area contributed by atoms with Crippen LogP contribution in [-0.2, 0) is 6.54 Å². The zero-order chi connectivity index (χ0) is 16.3. The predicted octanol–water partition coefficient (Wildman–Crippen LogP) is 3.65. The summed E-state index contributed by atoms with van der Waals surface area (Å²) in [6, 6.07) is 9.70. The number of nitrogens with zero attached hydrogens (tertiary/aromatic N) is 2. The zero-order valence-electron chi connectivity index (χ0n) is 13.6. The van der Waals surface area contributed by atoms with Crippen molar-refractivity contribution in [3.8, 4) is 11.3 Å². The number of Topliss-reactive ketones (excluding diaryl/α,β-unsaturated/α-hetero) is 1. The van der Waals surface area contributed by atoms with E-state index in [1.54, 1.807) is 6.07 Å².